The minimum atomic E-state index is -0.0856. The molecule has 1 aromatic carbocycles. The first-order chi connectivity index (χ1) is 9.08. The first kappa shape index (κ1) is 13.6. The highest BCUT2D eigenvalue weighted by molar-refractivity contribution is 9.10. The van der Waals surface area contributed by atoms with Gasteiger partial charge in [0.2, 0.25) is 0 Å². The molecule has 96 valence electrons. The normalized spacial score (nSPS) is 11.1. The van der Waals surface area contributed by atoms with Crippen LogP contribution in [0.3, 0.4) is 0 Å². The highest BCUT2D eigenvalue weighted by Gasteiger charge is 2.19. The van der Waals surface area contributed by atoms with E-state index in [2.05, 4.69) is 15.9 Å². The van der Waals surface area contributed by atoms with E-state index in [0.717, 1.165) is 14.6 Å². The third-order valence-electron chi connectivity index (χ3n) is 2.70. The lowest BCUT2D eigenvalue weighted by molar-refractivity contribution is 0.104. The maximum atomic E-state index is 12.5. The van der Waals surface area contributed by atoms with Gasteiger partial charge < -0.3 is 0 Å². The molecule has 0 N–H and O–H groups in total. The average Bonchev–Trinajstić information content (AvgIpc) is 2.93. The summed E-state index contributed by atoms with van der Waals surface area (Å²) in [5.74, 6) is -0.0856. The summed E-state index contributed by atoms with van der Waals surface area (Å²) in [5.41, 5.74) is 1.13. The van der Waals surface area contributed by atoms with Gasteiger partial charge in [-0.3, -0.25) is 4.79 Å². The smallest absolute Gasteiger partial charge is 0.196 e. The van der Waals surface area contributed by atoms with Gasteiger partial charge in [0, 0.05) is 25.5 Å². The number of hydrogen-bond acceptors (Lipinski definition) is 3. The molecule has 0 unspecified atom stereocenters. The standard InChI is InChI=1S/C13H5BrCl2OS2/c14-9-3-1-2-6-8(5-18-12(6)9)11(17)7-4-10(15)19-13(7)16/h1-5H. The van der Waals surface area contributed by atoms with E-state index < -0.39 is 0 Å². The van der Waals surface area contributed by atoms with Crippen LogP contribution in [0.15, 0.2) is 34.1 Å². The molecule has 0 bridgehead atoms. The number of rotatable bonds is 2. The van der Waals surface area contributed by atoms with Crippen molar-refractivity contribution in [2.45, 2.75) is 0 Å². The summed E-state index contributed by atoms with van der Waals surface area (Å²) in [4.78, 5) is 12.5. The zero-order valence-electron chi connectivity index (χ0n) is 9.25. The van der Waals surface area contributed by atoms with Gasteiger partial charge in [-0.2, -0.15) is 0 Å². The molecule has 6 heteroatoms. The topological polar surface area (TPSA) is 17.1 Å². The summed E-state index contributed by atoms with van der Waals surface area (Å²) < 4.78 is 3.00. The molecule has 0 atom stereocenters. The monoisotopic (exact) mass is 390 g/mol. The fourth-order valence-electron chi connectivity index (χ4n) is 1.84. The third-order valence-corrected chi connectivity index (χ3v) is 6.14. The first-order valence-corrected chi connectivity index (χ1v) is 8.47. The quantitative estimate of drug-likeness (QED) is 0.471. The molecule has 0 spiro atoms. The van der Waals surface area contributed by atoms with Gasteiger partial charge in [0.05, 0.1) is 9.90 Å². The van der Waals surface area contributed by atoms with Gasteiger partial charge in [-0.15, -0.1) is 22.7 Å². The molecule has 0 fully saturated rings. The van der Waals surface area contributed by atoms with Crippen LogP contribution in [0.1, 0.15) is 15.9 Å². The molecule has 3 aromatic rings. The molecule has 0 aliphatic rings. The number of halogens is 3. The molecule has 2 heterocycles. The number of benzene rings is 1. The van der Waals surface area contributed by atoms with E-state index in [1.54, 1.807) is 6.07 Å². The van der Waals surface area contributed by atoms with E-state index in [4.69, 9.17) is 23.2 Å². The van der Waals surface area contributed by atoms with Gasteiger partial charge in [-0.1, -0.05) is 35.3 Å². The second-order valence-corrected chi connectivity index (χ2v) is 7.85. The molecule has 3 rings (SSSR count). The van der Waals surface area contributed by atoms with Gasteiger partial charge in [0.1, 0.15) is 4.34 Å². The van der Waals surface area contributed by atoms with E-state index >= 15 is 0 Å². The molecule has 0 saturated carbocycles. The van der Waals surface area contributed by atoms with Gasteiger partial charge >= 0.3 is 0 Å². The predicted molar refractivity (Wildman–Crippen MR) is 87.3 cm³/mol. The molecule has 0 amide bonds. The summed E-state index contributed by atoms with van der Waals surface area (Å²) in [5, 5.41) is 2.79. The highest BCUT2D eigenvalue weighted by Crippen LogP contribution is 2.37. The van der Waals surface area contributed by atoms with Crippen molar-refractivity contribution in [3.05, 3.63) is 53.9 Å². The van der Waals surface area contributed by atoms with Crippen molar-refractivity contribution >= 4 is 77.7 Å². The van der Waals surface area contributed by atoms with E-state index in [0.29, 0.717) is 19.8 Å². The summed E-state index contributed by atoms with van der Waals surface area (Å²) >= 11 is 18.2. The molecule has 0 aliphatic heterocycles. The molecular weight excluding hydrogens is 387 g/mol. The van der Waals surface area contributed by atoms with Crippen molar-refractivity contribution in [2.24, 2.45) is 0 Å². The Bertz CT molecular complexity index is 791. The maximum Gasteiger partial charge on any atom is 0.196 e. The van der Waals surface area contributed by atoms with Crippen molar-refractivity contribution in [3.63, 3.8) is 0 Å². The van der Waals surface area contributed by atoms with Crippen LogP contribution < -0.4 is 0 Å². The fraction of sp³-hybridized carbons (Fsp3) is 0. The molecular formula is C13H5BrCl2OS2. The Labute approximate surface area is 135 Å². The molecule has 0 aliphatic carbocycles. The average molecular weight is 392 g/mol. The van der Waals surface area contributed by atoms with Gasteiger partial charge in [-0.25, -0.2) is 0 Å². The summed E-state index contributed by atoms with van der Waals surface area (Å²) in [7, 11) is 0. The minimum absolute atomic E-state index is 0.0856. The van der Waals surface area contributed by atoms with Crippen molar-refractivity contribution in [2.75, 3.05) is 0 Å². The van der Waals surface area contributed by atoms with Crippen LogP contribution in [0.4, 0.5) is 0 Å². The van der Waals surface area contributed by atoms with Crippen LogP contribution in [-0.2, 0) is 0 Å². The lowest BCUT2D eigenvalue weighted by Gasteiger charge is -1.98. The number of carbonyl (C=O) groups excluding carboxylic acids is 1. The van der Waals surface area contributed by atoms with Crippen LogP contribution in [0.25, 0.3) is 10.1 Å². The number of fused-ring (bicyclic) bond motifs is 1. The van der Waals surface area contributed by atoms with E-state index in [1.807, 2.05) is 23.6 Å². The summed E-state index contributed by atoms with van der Waals surface area (Å²) in [6, 6.07) is 7.43. The lowest BCUT2D eigenvalue weighted by atomic mass is 10.1. The maximum absolute atomic E-state index is 12.5. The second kappa shape index (κ2) is 5.19. The van der Waals surface area contributed by atoms with Gasteiger partial charge in [-0.05, 0) is 28.1 Å². The Kier molecular flexibility index (Phi) is 3.71. The van der Waals surface area contributed by atoms with Crippen LogP contribution >= 0.6 is 61.8 Å². The Morgan fingerprint density at radius 1 is 1.21 bits per heavy atom. The molecule has 1 nitrogen and oxygen atoms in total. The Morgan fingerprint density at radius 3 is 2.68 bits per heavy atom. The molecule has 19 heavy (non-hydrogen) atoms. The Hall–Kier alpha value is -0.390. The fourth-order valence-corrected chi connectivity index (χ4v) is 4.90. The van der Waals surface area contributed by atoms with Crippen LogP contribution in [0, 0.1) is 0 Å². The van der Waals surface area contributed by atoms with E-state index in [9.17, 15) is 4.79 Å². The van der Waals surface area contributed by atoms with Crippen molar-refractivity contribution < 1.29 is 4.79 Å². The Balaban J connectivity index is 2.17. The Morgan fingerprint density at radius 2 is 2.00 bits per heavy atom. The summed E-state index contributed by atoms with van der Waals surface area (Å²) in [6.45, 7) is 0. The second-order valence-electron chi connectivity index (χ2n) is 3.83. The van der Waals surface area contributed by atoms with Crippen molar-refractivity contribution in [1.29, 1.82) is 0 Å². The third kappa shape index (κ3) is 2.36. The molecule has 2 aromatic heterocycles. The van der Waals surface area contributed by atoms with E-state index in [1.165, 1.54) is 22.7 Å². The summed E-state index contributed by atoms with van der Waals surface area (Å²) in [6.07, 6.45) is 0. The lowest BCUT2D eigenvalue weighted by Crippen LogP contribution is -1.98. The van der Waals surface area contributed by atoms with Gasteiger partial charge in [0.15, 0.2) is 5.78 Å². The number of thiophene rings is 2. The number of hydrogen-bond donors (Lipinski definition) is 0. The van der Waals surface area contributed by atoms with Crippen molar-refractivity contribution in [1.82, 2.24) is 0 Å². The zero-order chi connectivity index (χ0) is 13.6. The molecule has 0 radical (unpaired) electrons. The minimum Gasteiger partial charge on any atom is -0.288 e. The highest BCUT2D eigenvalue weighted by atomic mass is 79.9. The van der Waals surface area contributed by atoms with Crippen LogP contribution in [0.2, 0.25) is 8.67 Å². The predicted octanol–water partition coefficient (Wildman–Crippen LogP) is 6.26. The van der Waals surface area contributed by atoms with Crippen LogP contribution in [0.5, 0.6) is 0 Å². The van der Waals surface area contributed by atoms with Crippen LogP contribution in [-0.4, -0.2) is 5.78 Å². The molecule has 0 saturated heterocycles. The number of carbonyl (C=O) groups is 1. The van der Waals surface area contributed by atoms with Gasteiger partial charge in [0.25, 0.3) is 0 Å². The number of ketones is 1. The zero-order valence-corrected chi connectivity index (χ0v) is 14.0. The van der Waals surface area contributed by atoms with Crippen molar-refractivity contribution in [3.8, 4) is 0 Å². The first-order valence-electron chi connectivity index (χ1n) is 5.23. The SMILES string of the molecule is O=C(c1cc(Cl)sc1Cl)c1csc2c(Br)cccc12. The van der Waals surface area contributed by atoms with E-state index in [-0.39, 0.29) is 5.78 Å². The largest absolute Gasteiger partial charge is 0.288 e.